The summed E-state index contributed by atoms with van der Waals surface area (Å²) in [5.74, 6) is 0.468. The predicted octanol–water partition coefficient (Wildman–Crippen LogP) is 3.45. The Morgan fingerprint density at radius 3 is 2.82 bits per heavy atom. The molecule has 0 fully saturated rings. The zero-order valence-electron chi connectivity index (χ0n) is 10.7. The van der Waals surface area contributed by atoms with Crippen LogP contribution in [-0.4, -0.2) is 13.2 Å². The fourth-order valence-electron chi connectivity index (χ4n) is 1.61. The minimum atomic E-state index is -0.243. The summed E-state index contributed by atoms with van der Waals surface area (Å²) in [6.07, 6.45) is 0. The van der Waals surface area contributed by atoms with Crippen LogP contribution in [0.3, 0.4) is 0 Å². The molecule has 0 saturated carbocycles. The highest BCUT2D eigenvalue weighted by atomic mass is 19.1. The van der Waals surface area contributed by atoms with Gasteiger partial charge in [0.25, 0.3) is 0 Å². The summed E-state index contributed by atoms with van der Waals surface area (Å²) in [5, 5.41) is 3.25. The van der Waals surface area contributed by atoms with Crippen LogP contribution in [0.25, 0.3) is 0 Å². The monoisotopic (exact) mass is 237 g/mol. The Kier molecular flexibility index (Phi) is 5.16. The molecule has 0 aliphatic heterocycles. The minimum absolute atomic E-state index is 0.0656. The second kappa shape index (κ2) is 6.40. The van der Waals surface area contributed by atoms with Gasteiger partial charge in [-0.25, -0.2) is 4.39 Å². The molecule has 0 aliphatic rings. The molecule has 1 aromatic carbocycles. The van der Waals surface area contributed by atoms with Crippen LogP contribution in [0.2, 0.25) is 0 Å². The number of halogens is 1. The molecule has 0 bridgehead atoms. The quantitative estimate of drug-likeness (QED) is 0.765. The first-order valence-corrected chi connectivity index (χ1v) is 5.84. The van der Waals surface area contributed by atoms with Crippen molar-refractivity contribution in [2.75, 3.05) is 13.2 Å². The van der Waals surface area contributed by atoms with Crippen molar-refractivity contribution < 1.29 is 9.13 Å². The molecular formula is C14H20FNO. The lowest BCUT2D eigenvalue weighted by Crippen LogP contribution is -2.19. The van der Waals surface area contributed by atoms with Gasteiger partial charge in [-0.1, -0.05) is 13.5 Å². The molecule has 0 heterocycles. The van der Waals surface area contributed by atoms with Crippen molar-refractivity contribution in [2.24, 2.45) is 0 Å². The van der Waals surface area contributed by atoms with Crippen molar-refractivity contribution in [3.05, 3.63) is 41.7 Å². The first-order chi connectivity index (χ1) is 8.04. The average Bonchev–Trinajstić information content (AvgIpc) is 2.27. The van der Waals surface area contributed by atoms with E-state index in [1.807, 2.05) is 20.8 Å². The maximum Gasteiger partial charge on any atom is 0.124 e. The van der Waals surface area contributed by atoms with E-state index in [9.17, 15) is 4.39 Å². The van der Waals surface area contributed by atoms with E-state index >= 15 is 0 Å². The minimum Gasteiger partial charge on any atom is -0.489 e. The summed E-state index contributed by atoms with van der Waals surface area (Å²) >= 11 is 0. The second-order valence-electron chi connectivity index (χ2n) is 4.21. The molecule has 0 amide bonds. The maximum atomic E-state index is 13.2. The van der Waals surface area contributed by atoms with Crippen molar-refractivity contribution in [1.29, 1.82) is 0 Å². The zero-order chi connectivity index (χ0) is 12.8. The molecule has 1 rings (SSSR count). The van der Waals surface area contributed by atoms with Crippen molar-refractivity contribution >= 4 is 0 Å². The van der Waals surface area contributed by atoms with Crippen LogP contribution in [-0.2, 0) is 0 Å². The van der Waals surface area contributed by atoms with E-state index in [4.69, 9.17) is 4.74 Å². The molecule has 1 unspecified atom stereocenters. The molecule has 1 N–H and O–H groups in total. The molecule has 0 saturated heterocycles. The molecular weight excluding hydrogens is 217 g/mol. The third kappa shape index (κ3) is 4.19. The zero-order valence-corrected chi connectivity index (χ0v) is 10.7. The number of nitrogens with one attached hydrogen (secondary N) is 1. The second-order valence-corrected chi connectivity index (χ2v) is 4.21. The van der Waals surface area contributed by atoms with Gasteiger partial charge in [-0.2, -0.15) is 0 Å². The van der Waals surface area contributed by atoms with Gasteiger partial charge >= 0.3 is 0 Å². The molecule has 0 aromatic heterocycles. The Morgan fingerprint density at radius 2 is 2.24 bits per heavy atom. The first kappa shape index (κ1) is 13.7. The van der Waals surface area contributed by atoms with Crippen LogP contribution < -0.4 is 10.1 Å². The van der Waals surface area contributed by atoms with Crippen LogP contribution in [0.5, 0.6) is 5.75 Å². The topological polar surface area (TPSA) is 21.3 Å². The average molecular weight is 237 g/mol. The number of rotatable bonds is 6. The molecule has 94 valence electrons. The SMILES string of the molecule is C=C(C)COc1ccc(F)cc1C(C)NCC. The number of ether oxygens (including phenoxy) is 1. The van der Waals surface area contributed by atoms with Gasteiger partial charge in [0, 0.05) is 11.6 Å². The fourth-order valence-corrected chi connectivity index (χ4v) is 1.61. The lowest BCUT2D eigenvalue weighted by molar-refractivity contribution is 0.343. The molecule has 3 heteroatoms. The summed E-state index contributed by atoms with van der Waals surface area (Å²) in [7, 11) is 0. The van der Waals surface area contributed by atoms with Crippen LogP contribution in [0, 0.1) is 5.82 Å². The molecule has 1 atom stereocenters. The van der Waals surface area contributed by atoms with E-state index in [1.54, 1.807) is 6.07 Å². The smallest absolute Gasteiger partial charge is 0.124 e. The molecule has 0 aliphatic carbocycles. The van der Waals surface area contributed by atoms with E-state index in [0.717, 1.165) is 17.7 Å². The molecule has 2 nitrogen and oxygen atoms in total. The Labute approximate surface area is 102 Å². The van der Waals surface area contributed by atoms with Crippen LogP contribution in [0.15, 0.2) is 30.4 Å². The van der Waals surface area contributed by atoms with Gasteiger partial charge in [0.05, 0.1) is 0 Å². The third-order valence-electron chi connectivity index (χ3n) is 2.42. The van der Waals surface area contributed by atoms with Crippen molar-refractivity contribution in [1.82, 2.24) is 5.32 Å². The normalized spacial score (nSPS) is 12.2. The molecule has 0 radical (unpaired) electrons. The number of hydrogen-bond donors (Lipinski definition) is 1. The van der Waals surface area contributed by atoms with Gasteiger partial charge in [0.1, 0.15) is 18.2 Å². The molecule has 1 aromatic rings. The van der Waals surface area contributed by atoms with Crippen molar-refractivity contribution in [2.45, 2.75) is 26.8 Å². The van der Waals surface area contributed by atoms with Crippen LogP contribution in [0.4, 0.5) is 4.39 Å². The summed E-state index contributed by atoms with van der Waals surface area (Å²) in [6.45, 7) is 11.0. The lowest BCUT2D eigenvalue weighted by atomic mass is 10.1. The Morgan fingerprint density at radius 1 is 1.53 bits per heavy atom. The van der Waals surface area contributed by atoms with Gasteiger partial charge in [0.15, 0.2) is 0 Å². The standard InChI is InChI=1S/C14H20FNO/c1-5-16-11(4)13-8-12(15)6-7-14(13)17-9-10(2)3/h6-8,11,16H,2,5,9H2,1,3-4H3. The largest absolute Gasteiger partial charge is 0.489 e. The van der Waals surface area contributed by atoms with E-state index in [2.05, 4.69) is 11.9 Å². The Bertz CT molecular complexity index is 390. The van der Waals surface area contributed by atoms with Gasteiger partial charge in [-0.3, -0.25) is 0 Å². The summed E-state index contributed by atoms with van der Waals surface area (Å²) in [5.41, 5.74) is 1.78. The van der Waals surface area contributed by atoms with Gasteiger partial charge in [-0.05, 0) is 44.2 Å². The van der Waals surface area contributed by atoms with E-state index in [1.165, 1.54) is 12.1 Å². The highest BCUT2D eigenvalue weighted by Gasteiger charge is 2.12. The Balaban J connectivity index is 2.90. The van der Waals surface area contributed by atoms with Crippen molar-refractivity contribution in [3.63, 3.8) is 0 Å². The highest BCUT2D eigenvalue weighted by molar-refractivity contribution is 5.36. The highest BCUT2D eigenvalue weighted by Crippen LogP contribution is 2.26. The van der Waals surface area contributed by atoms with E-state index in [0.29, 0.717) is 12.4 Å². The van der Waals surface area contributed by atoms with Gasteiger partial charge < -0.3 is 10.1 Å². The fraction of sp³-hybridized carbons (Fsp3) is 0.429. The summed E-state index contributed by atoms with van der Waals surface area (Å²) in [6, 6.07) is 4.66. The number of hydrogen-bond acceptors (Lipinski definition) is 2. The summed E-state index contributed by atoms with van der Waals surface area (Å²) in [4.78, 5) is 0. The Hall–Kier alpha value is -1.35. The predicted molar refractivity (Wildman–Crippen MR) is 68.8 cm³/mol. The maximum absolute atomic E-state index is 13.2. The van der Waals surface area contributed by atoms with Crippen LogP contribution >= 0.6 is 0 Å². The number of benzene rings is 1. The van der Waals surface area contributed by atoms with Crippen LogP contribution in [0.1, 0.15) is 32.4 Å². The third-order valence-corrected chi connectivity index (χ3v) is 2.42. The molecule has 17 heavy (non-hydrogen) atoms. The lowest BCUT2D eigenvalue weighted by Gasteiger charge is -2.17. The first-order valence-electron chi connectivity index (χ1n) is 5.84. The van der Waals surface area contributed by atoms with Crippen molar-refractivity contribution in [3.8, 4) is 5.75 Å². The van der Waals surface area contributed by atoms with E-state index in [-0.39, 0.29) is 11.9 Å². The molecule has 0 spiro atoms. The summed E-state index contributed by atoms with van der Waals surface area (Å²) < 4.78 is 18.9. The van der Waals surface area contributed by atoms with Gasteiger partial charge in [-0.15, -0.1) is 0 Å². The van der Waals surface area contributed by atoms with E-state index < -0.39 is 0 Å². The van der Waals surface area contributed by atoms with Gasteiger partial charge in [0.2, 0.25) is 0 Å².